The smallest absolute Gasteiger partial charge is 0.550 e. The number of H-pyrrole nitrogens is 2. The van der Waals surface area contributed by atoms with Crippen LogP contribution in [0.2, 0.25) is 0 Å². The second-order valence-corrected chi connectivity index (χ2v) is 19.5. The molecule has 2 aliphatic rings. The van der Waals surface area contributed by atoms with E-state index in [1.807, 2.05) is 0 Å². The van der Waals surface area contributed by atoms with Crippen molar-refractivity contribution in [3.63, 3.8) is 0 Å². The third kappa shape index (κ3) is 9.75. The zero-order valence-electron chi connectivity index (χ0n) is 44.6. The summed E-state index contributed by atoms with van der Waals surface area (Å²) in [6, 6.07) is 0. The molecule has 0 radical (unpaired) electrons. The van der Waals surface area contributed by atoms with Crippen LogP contribution in [0.25, 0.3) is 88.9 Å². The van der Waals surface area contributed by atoms with Gasteiger partial charge in [-0.25, -0.2) is 97.8 Å². The van der Waals surface area contributed by atoms with Crippen molar-refractivity contribution in [2.24, 2.45) is 0 Å². The molecule has 29 heteroatoms. The number of nitrogens with zero attached hydrogens (tertiary/aromatic N) is 2. The summed E-state index contributed by atoms with van der Waals surface area (Å²) < 4.78 is 321. The molecule has 7 aromatic rings. The van der Waals surface area contributed by atoms with Crippen LogP contribution in [0.4, 0.5) is 87.8 Å². The molecule has 0 atom stereocenters. The monoisotopic (exact) mass is 1420 g/mol. The fourth-order valence-corrected chi connectivity index (χ4v) is 11.0. The van der Waals surface area contributed by atoms with Gasteiger partial charge in [0.25, 0.3) is 0 Å². The van der Waals surface area contributed by atoms with E-state index in [2.05, 4.69) is 19.9 Å². The summed E-state index contributed by atoms with van der Waals surface area (Å²) >= 11 is 0. The predicted molar refractivity (Wildman–Crippen MR) is 264 cm³/mol. The van der Waals surface area contributed by atoms with E-state index in [1.165, 1.54) is 13.8 Å². The molecule has 2 N–H and O–H groups in total. The number of aryl methyl sites for hydroxylation is 4. The van der Waals surface area contributed by atoms with Gasteiger partial charge in [0.05, 0.1) is 67.1 Å². The number of carbonyl (C=O) groups is 2. The molecule has 0 unspecified atom stereocenters. The minimum atomic E-state index is -2.86. The number of halogens is 20. The number of allylic oxidation sites excluding steroid dienone is 4. The molecule has 2 aliphatic heterocycles. The van der Waals surface area contributed by atoms with Gasteiger partial charge in [-0.15, -0.1) is 0 Å². The summed E-state index contributed by atoms with van der Waals surface area (Å²) in [6.45, 7) is 5.98. The average molecular weight is 1420 g/mol. The molecule has 0 saturated carbocycles. The van der Waals surface area contributed by atoms with Crippen molar-refractivity contribution in [2.45, 2.75) is 80.1 Å². The molecule has 0 amide bonds. The maximum atomic E-state index is 16.9. The van der Waals surface area contributed by atoms with Gasteiger partial charge in [0.15, 0.2) is 93.1 Å². The summed E-state index contributed by atoms with van der Waals surface area (Å²) in [5, 5.41) is 24.6. The van der Waals surface area contributed by atoms with Crippen LogP contribution in [0.15, 0.2) is 0 Å². The second kappa shape index (κ2) is 23.4. The molecule has 9 rings (SSSR count). The van der Waals surface area contributed by atoms with Gasteiger partial charge in [0, 0.05) is 34.2 Å². The van der Waals surface area contributed by atoms with Gasteiger partial charge in [0.1, 0.15) is 0 Å². The Morgan fingerprint density at radius 3 is 0.908 bits per heavy atom. The Hall–Kier alpha value is -8.29. The normalized spacial score (nSPS) is 12.5. The van der Waals surface area contributed by atoms with Crippen molar-refractivity contribution < 1.29 is 129 Å². The number of aromatic amines is 2. The number of nitrogens with one attached hydrogen (secondary N) is 2. The van der Waals surface area contributed by atoms with Crippen molar-refractivity contribution in [1.29, 1.82) is 0 Å². The van der Waals surface area contributed by atoms with Crippen LogP contribution in [0, 0.1) is 130 Å². The van der Waals surface area contributed by atoms with E-state index in [-0.39, 0.29) is 21.1 Å². The minimum absolute atomic E-state index is 0. The van der Waals surface area contributed by atoms with Gasteiger partial charge in [-0.2, -0.15) is 0 Å². The van der Waals surface area contributed by atoms with Gasteiger partial charge >= 0.3 is 21.1 Å². The summed E-state index contributed by atoms with van der Waals surface area (Å²) in [7, 11) is 0. The number of aromatic nitrogens is 4. The number of carboxylic acid groups (broad SMARTS) is 2. The largest absolute Gasteiger partial charge is 2.00 e. The molecule has 0 fully saturated rings. The van der Waals surface area contributed by atoms with Crippen LogP contribution in [0.5, 0.6) is 0 Å². The predicted octanol–water partition coefficient (Wildman–Crippen LogP) is 14.4. The third-order valence-corrected chi connectivity index (χ3v) is 15.0. The SMILES string of the molecule is CCC1=C(C)c2nc1c(-c1c(F)c(F)c(F)c(F)c1F)c1[nH]c(c(CC)c1C)c(-c1c(F)c(F)c(F)c(F)c1F)c1nc(c(-c3c(F)c(F)c(F)c(F)c3F)c3[nH]c(c(C)c3CCC(=O)[O-])c2-c2c(F)c(F)c(F)c(F)c2F)C(CCC(=O)[O-])=C1C.[Pt+2]. The first-order chi connectivity index (χ1) is 40.3. The zero-order chi connectivity index (χ0) is 63.6. The van der Waals surface area contributed by atoms with E-state index in [0.29, 0.717) is 0 Å². The van der Waals surface area contributed by atoms with Crippen LogP contribution >= 0.6 is 0 Å². The van der Waals surface area contributed by atoms with Crippen molar-refractivity contribution in [3.05, 3.63) is 161 Å². The van der Waals surface area contributed by atoms with Gasteiger partial charge in [-0.3, -0.25) is 0 Å². The molecule has 87 heavy (non-hydrogen) atoms. The van der Waals surface area contributed by atoms with Crippen LogP contribution < -0.4 is 10.2 Å². The Labute approximate surface area is 489 Å². The molecule has 3 aromatic heterocycles. The molecule has 8 nitrogen and oxygen atoms in total. The van der Waals surface area contributed by atoms with E-state index < -0.39 is 301 Å². The third-order valence-electron chi connectivity index (χ3n) is 15.0. The number of carboxylic acids is 2. The summed E-state index contributed by atoms with van der Waals surface area (Å²) in [6.07, 6.45) is -6.07. The van der Waals surface area contributed by atoms with Gasteiger partial charge in [-0.05, 0) is 111 Å². The van der Waals surface area contributed by atoms with Crippen molar-refractivity contribution in [2.75, 3.05) is 0 Å². The van der Waals surface area contributed by atoms with Crippen LogP contribution in [-0.4, -0.2) is 31.9 Å². The molecule has 458 valence electrons. The number of fused-ring (bicyclic) bond motifs is 8. The molecule has 0 spiro atoms. The molecule has 0 aliphatic carbocycles. The van der Waals surface area contributed by atoms with Crippen LogP contribution in [0.1, 0.15) is 98.4 Å². The topological polar surface area (TPSA) is 138 Å². The summed E-state index contributed by atoms with van der Waals surface area (Å²) in [5.74, 6) is -59.1. The summed E-state index contributed by atoms with van der Waals surface area (Å²) in [5.41, 5.74) is -28.1. The van der Waals surface area contributed by atoms with Crippen molar-refractivity contribution in [3.8, 4) is 44.5 Å². The Balaban J connectivity index is 0.00000982. The minimum Gasteiger partial charge on any atom is -0.550 e. The Bertz CT molecular complexity index is 4400. The molecule has 5 heterocycles. The zero-order valence-corrected chi connectivity index (χ0v) is 46.9. The van der Waals surface area contributed by atoms with Gasteiger partial charge < -0.3 is 29.8 Å². The molecular weight excluding hydrogens is 1390 g/mol. The van der Waals surface area contributed by atoms with Gasteiger partial charge in [0.2, 0.25) is 23.3 Å². The van der Waals surface area contributed by atoms with Crippen molar-refractivity contribution in [1.82, 2.24) is 19.9 Å². The number of hydrogen-bond donors (Lipinski definition) is 2. The number of hydrogen-bond acceptors (Lipinski definition) is 6. The van der Waals surface area contributed by atoms with Crippen molar-refractivity contribution >= 4 is 56.3 Å². The first kappa shape index (κ1) is 64.7. The molecule has 8 bridgehead atoms. The van der Waals surface area contributed by atoms with E-state index in [9.17, 15) is 19.8 Å². The first-order valence-corrected chi connectivity index (χ1v) is 25.0. The number of aliphatic carboxylic acids is 2. The van der Waals surface area contributed by atoms with E-state index in [1.54, 1.807) is 0 Å². The van der Waals surface area contributed by atoms with Crippen LogP contribution in [0.3, 0.4) is 0 Å². The first-order valence-electron chi connectivity index (χ1n) is 25.0. The maximum absolute atomic E-state index is 16.9. The fourth-order valence-electron chi connectivity index (χ4n) is 11.0. The van der Waals surface area contributed by atoms with Gasteiger partial charge in [-0.1, -0.05) is 13.8 Å². The molecule has 4 aromatic carbocycles. The molecular formula is C58H32F20N4O4Pt. The van der Waals surface area contributed by atoms with Crippen LogP contribution in [-0.2, 0) is 43.5 Å². The fraction of sp³-hybridized carbons (Fsp3) is 0.207. The Morgan fingerprint density at radius 1 is 0.333 bits per heavy atom. The van der Waals surface area contributed by atoms with E-state index in [4.69, 9.17) is 0 Å². The maximum Gasteiger partial charge on any atom is 2.00 e. The number of carbonyl (C=O) groups excluding carboxylic acids is 2. The van der Waals surface area contributed by atoms with E-state index >= 15 is 87.8 Å². The quantitative estimate of drug-likeness (QED) is 0.0710. The standard InChI is InChI=1S/C58H34F20N4O4.Pt/c1-7-17-13(3)51-27(23-31(59)39(67)47(75)40(68)32(23)60)53-15(5)19(9-11-21(83)84)57(81-53)30(26-37(65)45(73)50(78)46(74)38(26)66)58-20(10-12-22(85)86)16(6)54(82-58)29(25-35(63)43(71)49(77)44(72)36(25)64)56-18(8-2)14(4)52(80-56)28(55(17)79-51)24-33(61)41(69)48(76)42(70)34(24)62;/h80-81H,7-12H2,1-6H3,(H,83,84)(H,85,86);/q;+2/p-2. The summed E-state index contributed by atoms with van der Waals surface area (Å²) in [4.78, 5) is 38.1. The number of rotatable bonds is 12. The second-order valence-electron chi connectivity index (χ2n) is 19.5. The van der Waals surface area contributed by atoms with E-state index in [0.717, 1.165) is 27.7 Å². The molecule has 0 saturated heterocycles. The Kier molecular flexibility index (Phi) is 17.4. The number of benzene rings is 4. The average Bonchev–Trinajstić information content (AvgIpc) is 3.51. The Morgan fingerprint density at radius 2 is 0.586 bits per heavy atom.